The summed E-state index contributed by atoms with van der Waals surface area (Å²) in [7, 11) is 4.63. The molecular weight excluding hydrogens is 568 g/mol. The number of carbonyl (C=O) groups is 3. The van der Waals surface area contributed by atoms with Gasteiger partial charge in [0.15, 0.2) is 17.2 Å². The van der Waals surface area contributed by atoms with E-state index in [9.17, 15) is 14.4 Å². The Morgan fingerprint density at radius 3 is 2.02 bits per heavy atom. The van der Waals surface area contributed by atoms with E-state index in [2.05, 4.69) is 10.3 Å². The van der Waals surface area contributed by atoms with Gasteiger partial charge in [-0.05, 0) is 61.6 Å². The highest BCUT2D eigenvalue weighted by atomic mass is 16.7. The number of benzene rings is 2. The Morgan fingerprint density at radius 1 is 0.886 bits per heavy atom. The lowest BCUT2D eigenvalue weighted by molar-refractivity contribution is -0.153. The van der Waals surface area contributed by atoms with Gasteiger partial charge in [0.1, 0.15) is 23.6 Å². The number of carbonyl (C=O) groups excluding carboxylic acids is 3. The maximum atomic E-state index is 13.4. The van der Waals surface area contributed by atoms with E-state index in [1.165, 1.54) is 26.3 Å². The van der Waals surface area contributed by atoms with Crippen molar-refractivity contribution in [3.8, 4) is 23.0 Å². The number of nitrogens with one attached hydrogen (secondary N) is 1. The number of esters is 2. The maximum absolute atomic E-state index is 13.4. The minimum atomic E-state index is -0.964. The predicted octanol–water partition coefficient (Wildman–Crippen LogP) is 4.55. The summed E-state index contributed by atoms with van der Waals surface area (Å²) in [4.78, 5) is 42.0. The van der Waals surface area contributed by atoms with E-state index in [0.29, 0.717) is 12.8 Å². The van der Waals surface area contributed by atoms with Crippen molar-refractivity contribution >= 4 is 17.8 Å². The molecule has 2 atom stereocenters. The second kappa shape index (κ2) is 16.7. The summed E-state index contributed by atoms with van der Waals surface area (Å²) in [5.41, 5.74) is 1.93. The molecule has 1 N–H and O–H groups in total. The van der Waals surface area contributed by atoms with Gasteiger partial charge in [-0.2, -0.15) is 0 Å². The van der Waals surface area contributed by atoms with Crippen LogP contribution in [0.4, 0.5) is 0 Å². The molecule has 3 rings (SSSR count). The number of hydrogen-bond donors (Lipinski definition) is 1. The molecular formula is C33H40N2O9. The molecule has 44 heavy (non-hydrogen) atoms. The Kier molecular flexibility index (Phi) is 12.8. The topological polar surface area (TPSA) is 132 Å². The van der Waals surface area contributed by atoms with Crippen LogP contribution >= 0.6 is 0 Å². The minimum absolute atomic E-state index is 0.0259. The van der Waals surface area contributed by atoms with Crippen molar-refractivity contribution in [2.45, 2.75) is 52.2 Å². The van der Waals surface area contributed by atoms with Gasteiger partial charge in [-0.15, -0.1) is 0 Å². The second-order valence-corrected chi connectivity index (χ2v) is 10.0. The lowest BCUT2D eigenvalue weighted by Crippen LogP contribution is -2.43. The normalized spacial score (nSPS) is 12.1. The molecule has 2 aromatic carbocycles. The van der Waals surface area contributed by atoms with Crippen LogP contribution in [0.25, 0.3) is 0 Å². The molecule has 0 aliphatic rings. The second-order valence-electron chi connectivity index (χ2n) is 10.0. The predicted molar refractivity (Wildman–Crippen MR) is 162 cm³/mol. The van der Waals surface area contributed by atoms with E-state index in [1.54, 1.807) is 21.1 Å². The first-order chi connectivity index (χ1) is 21.2. The van der Waals surface area contributed by atoms with Crippen molar-refractivity contribution in [3.05, 3.63) is 77.6 Å². The molecule has 0 unspecified atom stereocenters. The fourth-order valence-electron chi connectivity index (χ4n) is 4.59. The van der Waals surface area contributed by atoms with Gasteiger partial charge in [0, 0.05) is 25.1 Å². The zero-order chi connectivity index (χ0) is 32.1. The number of ether oxygens (including phenoxy) is 6. The van der Waals surface area contributed by atoms with Gasteiger partial charge in [0.2, 0.25) is 6.79 Å². The Hall–Kier alpha value is -4.80. The molecule has 0 aliphatic carbocycles. The van der Waals surface area contributed by atoms with Crippen LogP contribution in [0.1, 0.15) is 48.8 Å². The van der Waals surface area contributed by atoms with Gasteiger partial charge in [0.25, 0.3) is 5.91 Å². The summed E-state index contributed by atoms with van der Waals surface area (Å²) < 4.78 is 32.4. The highest BCUT2D eigenvalue weighted by Crippen LogP contribution is 2.30. The fourth-order valence-corrected chi connectivity index (χ4v) is 4.59. The van der Waals surface area contributed by atoms with E-state index >= 15 is 0 Å². The lowest BCUT2D eigenvalue weighted by atomic mass is 9.88. The molecule has 1 aromatic heterocycles. The van der Waals surface area contributed by atoms with Crippen molar-refractivity contribution in [3.63, 3.8) is 0 Å². The van der Waals surface area contributed by atoms with E-state index in [-0.39, 0.29) is 29.5 Å². The standard InChI is InChI=1S/C33H40N2O9/c1-7-28(35-32(37)30-31(43-20-42-22(3)36)29(41-6)14-15-34-30)33(38)44-21(2)25(16-23-10-8-12-26(18-23)39-4)17-24-11-9-13-27(19-24)40-5/h8-15,18-19,21,25,28H,7,16-17,20H2,1-6H3,(H,35,37)/t21-,28-/m0/s1. The molecule has 0 radical (unpaired) electrons. The zero-order valence-corrected chi connectivity index (χ0v) is 26.0. The summed E-state index contributed by atoms with van der Waals surface area (Å²) >= 11 is 0. The maximum Gasteiger partial charge on any atom is 0.328 e. The van der Waals surface area contributed by atoms with Crippen LogP contribution in [-0.4, -0.2) is 63.1 Å². The number of rotatable bonds is 16. The zero-order valence-electron chi connectivity index (χ0n) is 26.0. The first-order valence-electron chi connectivity index (χ1n) is 14.2. The summed E-state index contributed by atoms with van der Waals surface area (Å²) in [6, 6.07) is 16.1. The number of aromatic nitrogens is 1. The molecule has 1 amide bonds. The largest absolute Gasteiger partial charge is 0.497 e. The van der Waals surface area contributed by atoms with Crippen molar-refractivity contribution < 1.29 is 42.8 Å². The summed E-state index contributed by atoms with van der Waals surface area (Å²) in [6.45, 7) is 4.39. The van der Waals surface area contributed by atoms with E-state index in [0.717, 1.165) is 22.6 Å². The smallest absolute Gasteiger partial charge is 0.328 e. The number of nitrogens with zero attached hydrogens (tertiary/aromatic N) is 1. The van der Waals surface area contributed by atoms with Gasteiger partial charge in [0.05, 0.1) is 21.3 Å². The highest BCUT2D eigenvalue weighted by molar-refractivity contribution is 5.98. The number of methoxy groups -OCH3 is 3. The lowest BCUT2D eigenvalue weighted by Gasteiger charge is -2.27. The molecule has 0 saturated heterocycles. The van der Waals surface area contributed by atoms with E-state index in [4.69, 9.17) is 28.4 Å². The van der Waals surface area contributed by atoms with E-state index < -0.39 is 36.8 Å². The van der Waals surface area contributed by atoms with Gasteiger partial charge in [-0.25, -0.2) is 9.78 Å². The Balaban J connectivity index is 1.78. The van der Waals surface area contributed by atoms with Gasteiger partial charge in [-0.1, -0.05) is 31.2 Å². The third-order valence-corrected chi connectivity index (χ3v) is 7.00. The van der Waals surface area contributed by atoms with Crippen LogP contribution in [-0.2, 0) is 31.9 Å². The van der Waals surface area contributed by atoms with Crippen molar-refractivity contribution in [2.75, 3.05) is 28.1 Å². The molecule has 11 nitrogen and oxygen atoms in total. The van der Waals surface area contributed by atoms with Crippen molar-refractivity contribution in [1.29, 1.82) is 0 Å². The molecule has 0 aliphatic heterocycles. The third kappa shape index (κ3) is 9.62. The summed E-state index contributed by atoms with van der Waals surface area (Å²) in [6.07, 6.45) is 2.35. The number of hydrogen-bond acceptors (Lipinski definition) is 10. The quantitative estimate of drug-likeness (QED) is 0.183. The monoisotopic (exact) mass is 608 g/mol. The van der Waals surface area contributed by atoms with Crippen molar-refractivity contribution in [2.24, 2.45) is 5.92 Å². The summed E-state index contributed by atoms with van der Waals surface area (Å²) in [5.74, 6) is -0.263. The molecule has 0 spiro atoms. The van der Waals surface area contributed by atoms with Crippen LogP contribution < -0.4 is 24.3 Å². The third-order valence-electron chi connectivity index (χ3n) is 7.00. The molecule has 0 saturated carbocycles. The average Bonchev–Trinajstić information content (AvgIpc) is 3.03. The SMILES string of the molecule is CC[C@H](NC(=O)c1nccc(OC)c1OCOC(C)=O)C(=O)O[C@@H](C)C(Cc1cccc(OC)c1)Cc1cccc(OC)c1. The van der Waals surface area contributed by atoms with Crippen LogP contribution in [0.2, 0.25) is 0 Å². The molecule has 3 aromatic rings. The molecule has 0 bridgehead atoms. The van der Waals surface area contributed by atoms with Gasteiger partial charge >= 0.3 is 11.9 Å². The average molecular weight is 609 g/mol. The van der Waals surface area contributed by atoms with Gasteiger partial charge in [-0.3, -0.25) is 9.59 Å². The van der Waals surface area contributed by atoms with Gasteiger partial charge < -0.3 is 33.7 Å². The Morgan fingerprint density at radius 2 is 1.50 bits per heavy atom. The van der Waals surface area contributed by atoms with Crippen LogP contribution in [0.3, 0.4) is 0 Å². The Bertz CT molecular complexity index is 1360. The van der Waals surface area contributed by atoms with E-state index in [1.807, 2.05) is 55.5 Å². The fraction of sp³-hybridized carbons (Fsp3) is 0.394. The first kappa shape index (κ1) is 33.7. The highest BCUT2D eigenvalue weighted by Gasteiger charge is 2.29. The molecule has 236 valence electrons. The van der Waals surface area contributed by atoms with Crippen LogP contribution in [0, 0.1) is 5.92 Å². The van der Waals surface area contributed by atoms with Crippen LogP contribution in [0.15, 0.2) is 60.8 Å². The van der Waals surface area contributed by atoms with Crippen molar-refractivity contribution in [1.82, 2.24) is 10.3 Å². The van der Waals surface area contributed by atoms with Crippen LogP contribution in [0.5, 0.6) is 23.0 Å². The molecule has 1 heterocycles. The number of pyridine rings is 1. The summed E-state index contributed by atoms with van der Waals surface area (Å²) in [5, 5.41) is 2.70. The number of amides is 1. The minimum Gasteiger partial charge on any atom is -0.497 e. The Labute approximate surface area is 257 Å². The molecule has 11 heteroatoms. The first-order valence-corrected chi connectivity index (χ1v) is 14.2. The molecule has 0 fully saturated rings.